The van der Waals surface area contributed by atoms with E-state index in [4.69, 9.17) is 11.6 Å². The van der Waals surface area contributed by atoms with E-state index in [1.165, 1.54) is 0 Å². The molecule has 0 aliphatic heterocycles. The first kappa shape index (κ1) is 17.0. The zero-order valence-corrected chi connectivity index (χ0v) is 13.9. The largest absolute Gasteiger partial charge is 0.347 e. The third-order valence-corrected chi connectivity index (χ3v) is 3.60. The molecule has 0 radical (unpaired) electrons. The van der Waals surface area contributed by atoms with E-state index in [1.54, 1.807) is 12.1 Å². The lowest BCUT2D eigenvalue weighted by molar-refractivity contribution is -0.123. The van der Waals surface area contributed by atoms with Crippen molar-refractivity contribution in [3.8, 4) is 0 Å². The fourth-order valence-electron chi connectivity index (χ4n) is 2.17. The molecule has 2 rings (SSSR count). The van der Waals surface area contributed by atoms with E-state index < -0.39 is 0 Å². The van der Waals surface area contributed by atoms with Crippen LogP contribution in [-0.4, -0.2) is 18.4 Å². The molecular formula is C18H19ClN2O2. The van der Waals surface area contributed by atoms with Crippen LogP contribution in [0.1, 0.15) is 16.7 Å². The molecule has 5 heteroatoms. The molecule has 4 nitrogen and oxygen atoms in total. The van der Waals surface area contributed by atoms with Crippen molar-refractivity contribution in [2.75, 3.05) is 11.9 Å². The minimum atomic E-state index is -0.284. The van der Waals surface area contributed by atoms with E-state index in [9.17, 15) is 9.59 Å². The van der Waals surface area contributed by atoms with Crippen molar-refractivity contribution in [3.05, 3.63) is 64.2 Å². The highest BCUT2D eigenvalue weighted by Crippen LogP contribution is 2.19. The number of aryl methyl sites for hydroxylation is 2. The Morgan fingerprint density at radius 1 is 1.04 bits per heavy atom. The summed E-state index contributed by atoms with van der Waals surface area (Å²) in [6.07, 6.45) is 0.255. The van der Waals surface area contributed by atoms with Crippen molar-refractivity contribution in [1.29, 1.82) is 0 Å². The summed E-state index contributed by atoms with van der Waals surface area (Å²) in [5, 5.41) is 5.91. The van der Waals surface area contributed by atoms with Crippen LogP contribution in [0.15, 0.2) is 42.5 Å². The molecule has 2 aromatic carbocycles. The number of carbonyl (C=O) groups excluding carboxylic acids is 2. The summed E-state index contributed by atoms with van der Waals surface area (Å²) < 4.78 is 0. The molecule has 0 atom stereocenters. The zero-order chi connectivity index (χ0) is 16.8. The van der Waals surface area contributed by atoms with Gasteiger partial charge in [0.2, 0.25) is 11.8 Å². The number of hydrogen-bond acceptors (Lipinski definition) is 2. The average molecular weight is 331 g/mol. The lowest BCUT2D eigenvalue weighted by Crippen LogP contribution is -2.33. The number of halogens is 1. The van der Waals surface area contributed by atoms with Crippen LogP contribution >= 0.6 is 11.6 Å². The fraction of sp³-hybridized carbons (Fsp3) is 0.222. The van der Waals surface area contributed by atoms with E-state index in [-0.39, 0.29) is 24.8 Å². The first-order valence-electron chi connectivity index (χ1n) is 7.32. The lowest BCUT2D eigenvalue weighted by Gasteiger charge is -2.10. The number of nitrogens with one attached hydrogen (secondary N) is 2. The summed E-state index contributed by atoms with van der Waals surface area (Å²) in [6.45, 7) is 3.78. The number of hydrogen-bond donors (Lipinski definition) is 2. The van der Waals surface area contributed by atoms with Gasteiger partial charge in [0.15, 0.2) is 0 Å². The van der Waals surface area contributed by atoms with Crippen molar-refractivity contribution < 1.29 is 9.59 Å². The van der Waals surface area contributed by atoms with Crippen molar-refractivity contribution >= 4 is 29.1 Å². The molecule has 0 saturated carbocycles. The SMILES string of the molecule is Cc1cccc(CC(=O)NCC(=O)Nc2cc(Cl)ccc2C)c1. The average Bonchev–Trinajstić information content (AvgIpc) is 2.49. The predicted molar refractivity (Wildman–Crippen MR) is 92.7 cm³/mol. The van der Waals surface area contributed by atoms with Gasteiger partial charge in [-0.3, -0.25) is 9.59 Å². The number of anilines is 1. The maximum atomic E-state index is 11.9. The summed E-state index contributed by atoms with van der Waals surface area (Å²) in [5.74, 6) is -0.471. The molecule has 0 heterocycles. The van der Waals surface area contributed by atoms with Gasteiger partial charge in [-0.1, -0.05) is 47.5 Å². The molecule has 0 aliphatic rings. The zero-order valence-electron chi connectivity index (χ0n) is 13.2. The van der Waals surface area contributed by atoms with E-state index in [2.05, 4.69) is 10.6 Å². The Balaban J connectivity index is 1.84. The molecule has 2 aromatic rings. The van der Waals surface area contributed by atoms with Crippen molar-refractivity contribution in [2.45, 2.75) is 20.3 Å². The summed E-state index contributed by atoms with van der Waals surface area (Å²) in [6, 6.07) is 13.0. The van der Waals surface area contributed by atoms with Crippen LogP contribution < -0.4 is 10.6 Å². The Morgan fingerprint density at radius 3 is 2.57 bits per heavy atom. The Kier molecular flexibility index (Phi) is 5.77. The Labute approximate surface area is 140 Å². The monoisotopic (exact) mass is 330 g/mol. The van der Waals surface area contributed by atoms with Crippen LogP contribution in [0.5, 0.6) is 0 Å². The van der Waals surface area contributed by atoms with Gasteiger partial charge >= 0.3 is 0 Å². The second kappa shape index (κ2) is 7.79. The van der Waals surface area contributed by atoms with Crippen LogP contribution in [-0.2, 0) is 16.0 Å². The van der Waals surface area contributed by atoms with Crippen LogP contribution in [0.3, 0.4) is 0 Å². The van der Waals surface area contributed by atoms with Gasteiger partial charge in [0, 0.05) is 10.7 Å². The summed E-state index contributed by atoms with van der Waals surface area (Å²) >= 11 is 5.91. The minimum absolute atomic E-state index is 0.0728. The van der Waals surface area contributed by atoms with Crippen molar-refractivity contribution in [2.24, 2.45) is 0 Å². The molecule has 0 spiro atoms. The highest BCUT2D eigenvalue weighted by molar-refractivity contribution is 6.31. The van der Waals surface area contributed by atoms with Gasteiger partial charge in [0.25, 0.3) is 0 Å². The predicted octanol–water partition coefficient (Wildman–Crippen LogP) is 3.25. The highest BCUT2D eigenvalue weighted by atomic mass is 35.5. The maximum absolute atomic E-state index is 11.9. The molecule has 0 bridgehead atoms. The smallest absolute Gasteiger partial charge is 0.243 e. The Bertz CT molecular complexity index is 729. The van der Waals surface area contributed by atoms with Gasteiger partial charge in [0.1, 0.15) is 0 Å². The first-order valence-corrected chi connectivity index (χ1v) is 7.70. The van der Waals surface area contributed by atoms with Gasteiger partial charge in [0.05, 0.1) is 13.0 Å². The number of amides is 2. The summed E-state index contributed by atoms with van der Waals surface area (Å²) in [5.41, 5.74) is 3.59. The molecule has 120 valence electrons. The van der Waals surface area contributed by atoms with E-state index >= 15 is 0 Å². The summed E-state index contributed by atoms with van der Waals surface area (Å²) in [4.78, 5) is 23.8. The molecule has 0 aliphatic carbocycles. The fourth-order valence-corrected chi connectivity index (χ4v) is 2.34. The van der Waals surface area contributed by atoms with Gasteiger partial charge in [-0.15, -0.1) is 0 Å². The molecule has 0 aromatic heterocycles. The topological polar surface area (TPSA) is 58.2 Å². The van der Waals surface area contributed by atoms with Crippen LogP contribution in [0, 0.1) is 13.8 Å². The van der Waals surface area contributed by atoms with Crippen molar-refractivity contribution in [3.63, 3.8) is 0 Å². The number of rotatable bonds is 5. The van der Waals surface area contributed by atoms with E-state index in [0.29, 0.717) is 10.7 Å². The standard InChI is InChI=1S/C18H19ClN2O2/c1-12-4-3-5-14(8-12)9-17(22)20-11-18(23)21-16-10-15(19)7-6-13(16)2/h3-8,10H,9,11H2,1-2H3,(H,20,22)(H,21,23). The maximum Gasteiger partial charge on any atom is 0.243 e. The second-order valence-corrected chi connectivity index (χ2v) is 5.89. The van der Waals surface area contributed by atoms with Gasteiger partial charge < -0.3 is 10.6 Å². The minimum Gasteiger partial charge on any atom is -0.347 e. The van der Waals surface area contributed by atoms with E-state index in [1.807, 2.05) is 44.2 Å². The van der Waals surface area contributed by atoms with Gasteiger partial charge in [-0.2, -0.15) is 0 Å². The molecule has 0 saturated heterocycles. The normalized spacial score (nSPS) is 10.2. The van der Waals surface area contributed by atoms with Crippen LogP contribution in [0.2, 0.25) is 5.02 Å². The summed E-state index contributed by atoms with van der Waals surface area (Å²) in [7, 11) is 0. The van der Waals surface area contributed by atoms with Crippen LogP contribution in [0.4, 0.5) is 5.69 Å². The van der Waals surface area contributed by atoms with E-state index in [0.717, 1.165) is 16.7 Å². The Morgan fingerprint density at radius 2 is 1.83 bits per heavy atom. The first-order chi connectivity index (χ1) is 10.9. The number of benzene rings is 2. The van der Waals surface area contributed by atoms with Gasteiger partial charge in [-0.05, 0) is 37.1 Å². The third kappa shape index (κ3) is 5.42. The molecule has 2 amide bonds. The third-order valence-electron chi connectivity index (χ3n) is 3.37. The van der Waals surface area contributed by atoms with Crippen molar-refractivity contribution in [1.82, 2.24) is 5.32 Å². The molecule has 23 heavy (non-hydrogen) atoms. The molecular weight excluding hydrogens is 312 g/mol. The Hall–Kier alpha value is -2.33. The molecule has 0 unspecified atom stereocenters. The van der Waals surface area contributed by atoms with Crippen LogP contribution in [0.25, 0.3) is 0 Å². The molecule has 0 fully saturated rings. The second-order valence-electron chi connectivity index (χ2n) is 5.45. The number of carbonyl (C=O) groups is 2. The highest BCUT2D eigenvalue weighted by Gasteiger charge is 2.08. The molecule has 2 N–H and O–H groups in total. The van der Waals surface area contributed by atoms with Gasteiger partial charge in [-0.25, -0.2) is 0 Å². The quantitative estimate of drug-likeness (QED) is 0.884. The lowest BCUT2D eigenvalue weighted by atomic mass is 10.1.